The Morgan fingerprint density at radius 2 is 1.88 bits per heavy atom. The van der Waals surface area contributed by atoms with E-state index in [1.165, 1.54) is 0 Å². The molecule has 3 fully saturated rings. The van der Waals surface area contributed by atoms with Crippen molar-refractivity contribution in [2.24, 2.45) is 17.8 Å². The molecule has 6 nitrogen and oxygen atoms in total. The normalized spacial score (nSPS) is 36.9. The monoisotopic (exact) mass is 352 g/mol. The van der Waals surface area contributed by atoms with Crippen molar-refractivity contribution in [2.75, 3.05) is 13.2 Å². The number of carbonyl (C=O) groups is 2. The minimum atomic E-state index is -0.479. The van der Waals surface area contributed by atoms with Crippen LogP contribution in [0.15, 0.2) is 12.2 Å². The van der Waals surface area contributed by atoms with Crippen molar-refractivity contribution in [1.82, 2.24) is 0 Å². The van der Waals surface area contributed by atoms with Gasteiger partial charge in [-0.25, -0.2) is 4.79 Å². The number of hydrogen-bond donors (Lipinski definition) is 1. The molecule has 1 heterocycles. The molecule has 0 bridgehead atoms. The van der Waals surface area contributed by atoms with Crippen molar-refractivity contribution in [1.29, 1.82) is 0 Å². The highest BCUT2D eigenvalue weighted by Crippen LogP contribution is 2.40. The first-order valence-electron chi connectivity index (χ1n) is 9.26. The Labute approximate surface area is 148 Å². The second kappa shape index (κ2) is 7.87. The highest BCUT2D eigenvalue weighted by Gasteiger charge is 2.46. The fraction of sp³-hybridized carbons (Fsp3) is 0.789. The molecule has 140 valence electrons. The zero-order chi connectivity index (χ0) is 18.0. The number of rotatable bonds is 6. The third kappa shape index (κ3) is 4.82. The summed E-state index contributed by atoms with van der Waals surface area (Å²) in [4.78, 5) is 23.7. The molecule has 6 heteroatoms. The van der Waals surface area contributed by atoms with Crippen LogP contribution in [0, 0.1) is 17.8 Å². The largest absolute Gasteiger partial charge is 0.465 e. The van der Waals surface area contributed by atoms with Gasteiger partial charge in [0.05, 0.1) is 37.4 Å². The maximum atomic E-state index is 12.2. The number of hydrogen-bond acceptors (Lipinski definition) is 6. The van der Waals surface area contributed by atoms with E-state index in [0.29, 0.717) is 31.1 Å². The molecule has 25 heavy (non-hydrogen) atoms. The molecule has 1 N–H and O–H groups in total. The number of aliphatic hydroxyl groups excluding tert-OH is 1. The first kappa shape index (κ1) is 18.4. The number of carbonyl (C=O) groups excluding carboxylic acids is 2. The summed E-state index contributed by atoms with van der Waals surface area (Å²) in [6.07, 6.45) is 4.90. The second-order valence-electron chi connectivity index (χ2n) is 7.74. The quantitative estimate of drug-likeness (QED) is 0.447. The van der Waals surface area contributed by atoms with Crippen LogP contribution in [-0.2, 0) is 23.8 Å². The minimum Gasteiger partial charge on any atom is -0.465 e. The molecule has 0 aromatic heterocycles. The zero-order valence-corrected chi connectivity index (χ0v) is 14.8. The maximum Gasteiger partial charge on any atom is 0.333 e. The van der Waals surface area contributed by atoms with Gasteiger partial charge in [0.1, 0.15) is 0 Å². The molecule has 2 saturated carbocycles. The van der Waals surface area contributed by atoms with E-state index in [1.807, 2.05) is 0 Å². The molecule has 6 atom stereocenters. The molecule has 3 rings (SSSR count). The van der Waals surface area contributed by atoms with Gasteiger partial charge in [-0.15, -0.1) is 0 Å². The molecule has 0 amide bonds. The van der Waals surface area contributed by atoms with Gasteiger partial charge < -0.3 is 19.3 Å². The van der Waals surface area contributed by atoms with Crippen LogP contribution in [0.25, 0.3) is 0 Å². The van der Waals surface area contributed by atoms with E-state index in [-0.39, 0.29) is 36.4 Å². The number of ether oxygens (including phenoxy) is 3. The predicted octanol–water partition coefficient (Wildman–Crippen LogP) is 1.99. The number of epoxide rings is 1. The van der Waals surface area contributed by atoms with Gasteiger partial charge >= 0.3 is 11.9 Å². The van der Waals surface area contributed by atoms with E-state index in [2.05, 4.69) is 6.58 Å². The third-order valence-corrected chi connectivity index (χ3v) is 5.63. The molecule has 0 spiro atoms. The van der Waals surface area contributed by atoms with E-state index in [0.717, 1.165) is 25.7 Å². The van der Waals surface area contributed by atoms with Gasteiger partial charge in [0, 0.05) is 11.5 Å². The van der Waals surface area contributed by atoms with E-state index < -0.39 is 12.1 Å². The second-order valence-corrected chi connectivity index (χ2v) is 7.74. The van der Waals surface area contributed by atoms with Crippen molar-refractivity contribution in [2.45, 2.75) is 63.8 Å². The van der Waals surface area contributed by atoms with Crippen LogP contribution in [-0.4, -0.2) is 48.6 Å². The Bertz CT molecular complexity index is 530. The zero-order valence-electron chi connectivity index (χ0n) is 14.8. The molecule has 2 aliphatic carbocycles. The SMILES string of the molecule is C=C(C)C(=O)OCC1CC(COC(=O)C2CCC3OC3C2)CCC1O. The smallest absolute Gasteiger partial charge is 0.333 e. The van der Waals surface area contributed by atoms with Crippen LogP contribution in [0.5, 0.6) is 0 Å². The third-order valence-electron chi connectivity index (χ3n) is 5.63. The summed E-state index contributed by atoms with van der Waals surface area (Å²) in [5.41, 5.74) is 0.352. The molecule has 6 unspecified atom stereocenters. The van der Waals surface area contributed by atoms with Crippen molar-refractivity contribution in [3.63, 3.8) is 0 Å². The molecule has 0 radical (unpaired) electrons. The summed E-state index contributed by atoms with van der Waals surface area (Å²) in [5, 5.41) is 10.1. The van der Waals surface area contributed by atoms with E-state index >= 15 is 0 Å². The van der Waals surface area contributed by atoms with Gasteiger partial charge in [0.15, 0.2) is 0 Å². The number of aliphatic hydroxyl groups is 1. The van der Waals surface area contributed by atoms with Crippen LogP contribution >= 0.6 is 0 Å². The lowest BCUT2D eigenvalue weighted by atomic mass is 9.80. The summed E-state index contributed by atoms with van der Waals surface area (Å²) in [6.45, 7) is 5.71. The summed E-state index contributed by atoms with van der Waals surface area (Å²) >= 11 is 0. The molecule has 1 aliphatic heterocycles. The summed E-state index contributed by atoms with van der Waals surface area (Å²) in [7, 11) is 0. The van der Waals surface area contributed by atoms with E-state index in [4.69, 9.17) is 14.2 Å². The molecule has 0 aromatic rings. The molecule has 3 aliphatic rings. The summed E-state index contributed by atoms with van der Waals surface area (Å²) < 4.78 is 16.2. The minimum absolute atomic E-state index is 0.0368. The van der Waals surface area contributed by atoms with Crippen LogP contribution in [0.2, 0.25) is 0 Å². The Hall–Kier alpha value is -1.40. The van der Waals surface area contributed by atoms with Crippen molar-refractivity contribution < 1.29 is 28.9 Å². The van der Waals surface area contributed by atoms with Gasteiger partial charge in [-0.1, -0.05) is 6.58 Å². The van der Waals surface area contributed by atoms with E-state index in [9.17, 15) is 14.7 Å². The highest BCUT2D eigenvalue weighted by atomic mass is 16.6. The Morgan fingerprint density at radius 3 is 2.60 bits per heavy atom. The fourth-order valence-electron chi connectivity index (χ4n) is 3.92. The lowest BCUT2D eigenvalue weighted by molar-refractivity contribution is -0.152. The molecular weight excluding hydrogens is 324 g/mol. The van der Waals surface area contributed by atoms with Gasteiger partial charge in [-0.05, 0) is 51.4 Å². The average molecular weight is 352 g/mol. The van der Waals surface area contributed by atoms with Crippen molar-refractivity contribution in [3.8, 4) is 0 Å². The number of esters is 2. The Morgan fingerprint density at radius 1 is 1.08 bits per heavy atom. The average Bonchev–Trinajstić information content (AvgIpc) is 3.37. The van der Waals surface area contributed by atoms with Crippen LogP contribution in [0.4, 0.5) is 0 Å². The van der Waals surface area contributed by atoms with Crippen molar-refractivity contribution in [3.05, 3.63) is 12.2 Å². The highest BCUT2D eigenvalue weighted by molar-refractivity contribution is 5.86. The first-order valence-corrected chi connectivity index (χ1v) is 9.26. The molecular formula is C19H28O6. The Balaban J connectivity index is 1.40. The topological polar surface area (TPSA) is 85.4 Å². The summed E-state index contributed by atoms with van der Waals surface area (Å²) in [5.74, 6) is -0.500. The standard InChI is InChI=1S/C19H28O6/c1-11(2)18(21)24-10-14-7-12(3-5-15(14)20)9-23-19(22)13-4-6-16-17(8-13)25-16/h12-17,20H,1,3-10H2,2H3. The lowest BCUT2D eigenvalue weighted by Gasteiger charge is -2.33. The van der Waals surface area contributed by atoms with E-state index in [1.54, 1.807) is 6.92 Å². The first-order chi connectivity index (χ1) is 11.9. The van der Waals surface area contributed by atoms with Crippen molar-refractivity contribution >= 4 is 11.9 Å². The molecule has 1 saturated heterocycles. The van der Waals surface area contributed by atoms with Gasteiger partial charge in [-0.2, -0.15) is 0 Å². The predicted molar refractivity (Wildman–Crippen MR) is 89.6 cm³/mol. The molecule has 0 aromatic carbocycles. The maximum absolute atomic E-state index is 12.2. The lowest BCUT2D eigenvalue weighted by Crippen LogP contribution is -2.35. The fourth-order valence-corrected chi connectivity index (χ4v) is 3.92. The van der Waals surface area contributed by atoms with Gasteiger partial charge in [0.25, 0.3) is 0 Å². The summed E-state index contributed by atoms with van der Waals surface area (Å²) in [6, 6.07) is 0. The Kier molecular flexibility index (Phi) is 5.79. The van der Waals surface area contributed by atoms with Crippen LogP contribution in [0.1, 0.15) is 45.4 Å². The van der Waals surface area contributed by atoms with Gasteiger partial charge in [0.2, 0.25) is 0 Å². The van der Waals surface area contributed by atoms with Crippen LogP contribution in [0.3, 0.4) is 0 Å². The van der Waals surface area contributed by atoms with Crippen LogP contribution < -0.4 is 0 Å². The van der Waals surface area contributed by atoms with Gasteiger partial charge in [-0.3, -0.25) is 4.79 Å². The number of fused-ring (bicyclic) bond motifs is 1.